The quantitative estimate of drug-likeness (QED) is 0.346. The van der Waals surface area contributed by atoms with E-state index in [1.807, 2.05) is 12.3 Å². The van der Waals surface area contributed by atoms with E-state index in [1.54, 1.807) is 0 Å². The standard InChI is InChI=1S/C16H24N3.C2F6NO4S2/c1-3-5-11-18-13-14-19(12-6-4-2)16(18)15-9-7-8-10-17-15;3-1(4,5)14(10,11)9-15(12,13)2(6,7)8/h7-10,13-14H,3-6,11-12H2,1-2H3;/q+1;-1. The van der Waals surface area contributed by atoms with Crippen molar-refractivity contribution in [3.63, 3.8) is 0 Å². The molecule has 0 aromatic carbocycles. The van der Waals surface area contributed by atoms with Crippen LogP contribution in [0.5, 0.6) is 0 Å². The van der Waals surface area contributed by atoms with E-state index in [2.05, 4.69) is 52.5 Å². The first-order chi connectivity index (χ1) is 15.6. The van der Waals surface area contributed by atoms with Gasteiger partial charge in [-0.1, -0.05) is 32.8 Å². The molecule has 0 fully saturated rings. The van der Waals surface area contributed by atoms with Gasteiger partial charge in [-0.15, -0.1) is 0 Å². The van der Waals surface area contributed by atoms with Gasteiger partial charge < -0.3 is 4.13 Å². The van der Waals surface area contributed by atoms with Crippen molar-refractivity contribution < 1.29 is 47.7 Å². The second kappa shape index (κ2) is 12.0. The molecule has 16 heteroatoms. The maximum Gasteiger partial charge on any atom is 0.480 e. The van der Waals surface area contributed by atoms with Crippen LogP contribution in [0, 0.1) is 0 Å². The van der Waals surface area contributed by atoms with Crippen molar-refractivity contribution >= 4 is 20.0 Å². The zero-order valence-corrected chi connectivity index (χ0v) is 19.8. The van der Waals surface area contributed by atoms with E-state index in [1.165, 1.54) is 31.5 Å². The van der Waals surface area contributed by atoms with Gasteiger partial charge in [0.05, 0.1) is 13.1 Å². The molecule has 0 unspecified atom stereocenters. The van der Waals surface area contributed by atoms with Crippen LogP contribution in [-0.2, 0) is 33.1 Å². The Morgan fingerprint density at radius 3 is 1.94 bits per heavy atom. The summed E-state index contributed by atoms with van der Waals surface area (Å²) in [5, 5.41) is 0. The highest BCUT2D eigenvalue weighted by molar-refractivity contribution is 8.13. The molecule has 194 valence electrons. The molecule has 0 bridgehead atoms. The highest BCUT2D eigenvalue weighted by Gasteiger charge is 2.46. The number of hydrogen-bond acceptors (Lipinski definition) is 5. The Balaban J connectivity index is 0.000000352. The second-order valence-electron chi connectivity index (χ2n) is 6.85. The van der Waals surface area contributed by atoms with Gasteiger partial charge >= 0.3 is 16.8 Å². The topological polar surface area (TPSA) is 104 Å². The number of alkyl halides is 6. The van der Waals surface area contributed by atoms with Crippen molar-refractivity contribution in [1.29, 1.82) is 0 Å². The number of aromatic nitrogens is 3. The predicted octanol–water partition coefficient (Wildman–Crippen LogP) is 4.50. The fourth-order valence-electron chi connectivity index (χ4n) is 2.49. The number of unbranched alkanes of at least 4 members (excludes halogenated alkanes) is 2. The average molecular weight is 539 g/mol. The van der Waals surface area contributed by atoms with Crippen LogP contribution in [0.15, 0.2) is 36.8 Å². The number of imidazole rings is 1. The summed E-state index contributed by atoms with van der Waals surface area (Å²) >= 11 is 0. The van der Waals surface area contributed by atoms with E-state index in [0.717, 1.165) is 22.9 Å². The van der Waals surface area contributed by atoms with Crippen LogP contribution in [0.1, 0.15) is 39.5 Å². The molecule has 0 spiro atoms. The molecule has 0 saturated carbocycles. The number of sulfonamides is 2. The molecule has 0 amide bonds. The van der Waals surface area contributed by atoms with Crippen LogP contribution in [0.3, 0.4) is 0 Å². The minimum absolute atomic E-state index is 0.778. The van der Waals surface area contributed by atoms with E-state index in [9.17, 15) is 43.2 Å². The Labute approximate surface area is 193 Å². The number of nitrogens with zero attached hydrogens (tertiary/aromatic N) is 4. The summed E-state index contributed by atoms with van der Waals surface area (Å²) < 4.78 is 114. The van der Waals surface area contributed by atoms with Gasteiger partial charge in [0.25, 0.3) is 0 Å². The van der Waals surface area contributed by atoms with Crippen molar-refractivity contribution in [3.8, 4) is 11.5 Å². The van der Waals surface area contributed by atoms with Gasteiger partial charge in [0, 0.05) is 6.20 Å². The largest absolute Gasteiger partial charge is 0.480 e. The normalized spacial score (nSPS) is 12.8. The lowest BCUT2D eigenvalue weighted by atomic mass is 10.3. The molecule has 0 aliphatic carbocycles. The van der Waals surface area contributed by atoms with Gasteiger partial charge in [-0.25, -0.2) is 31.0 Å². The first-order valence-corrected chi connectivity index (χ1v) is 12.8. The van der Waals surface area contributed by atoms with Gasteiger partial charge in [-0.3, -0.25) is 0 Å². The molecule has 2 rings (SSSR count). The van der Waals surface area contributed by atoms with Gasteiger partial charge in [0.15, 0.2) is 25.7 Å². The molecule has 2 aromatic heterocycles. The van der Waals surface area contributed by atoms with E-state index < -0.39 is 31.1 Å². The Hall–Kier alpha value is -2.20. The zero-order chi connectivity index (χ0) is 26.2. The molecule has 0 aliphatic rings. The molecule has 0 aliphatic heterocycles. The fourth-order valence-corrected chi connectivity index (χ4v) is 4.20. The monoisotopic (exact) mass is 538 g/mol. The third-order valence-corrected chi connectivity index (χ3v) is 6.89. The van der Waals surface area contributed by atoms with Crippen molar-refractivity contribution in [2.45, 2.75) is 63.6 Å². The molecule has 34 heavy (non-hydrogen) atoms. The smallest absolute Gasteiger partial charge is 0.421 e. The molecular weight excluding hydrogens is 514 g/mol. The summed E-state index contributed by atoms with van der Waals surface area (Å²) in [5.74, 6) is 1.24. The molecule has 0 saturated heterocycles. The van der Waals surface area contributed by atoms with Gasteiger partial charge in [0.1, 0.15) is 12.4 Å². The summed E-state index contributed by atoms with van der Waals surface area (Å²) in [5.41, 5.74) is -11.3. The summed E-state index contributed by atoms with van der Waals surface area (Å²) in [6.07, 6.45) is 11.1. The SMILES string of the molecule is CCCCn1cc[n+](CCCC)c1-c1ccccn1.O=S(=O)([N-]S(=O)(=O)C(F)(F)F)C(F)(F)F. The lowest BCUT2D eigenvalue weighted by Gasteiger charge is -2.22. The molecular formula is C18H24F6N4O4S2. The average Bonchev–Trinajstić information content (AvgIpc) is 3.12. The van der Waals surface area contributed by atoms with Crippen molar-refractivity contribution in [2.24, 2.45) is 0 Å². The molecule has 0 N–H and O–H groups in total. The molecule has 0 atom stereocenters. The fraction of sp³-hybridized carbons (Fsp3) is 0.556. The van der Waals surface area contributed by atoms with E-state index in [-0.39, 0.29) is 0 Å². The lowest BCUT2D eigenvalue weighted by molar-refractivity contribution is -0.686. The van der Waals surface area contributed by atoms with E-state index >= 15 is 0 Å². The highest BCUT2D eigenvalue weighted by Crippen LogP contribution is 2.36. The van der Waals surface area contributed by atoms with E-state index in [0.29, 0.717) is 0 Å². The maximum absolute atomic E-state index is 11.4. The minimum atomic E-state index is -6.72. The van der Waals surface area contributed by atoms with Gasteiger partial charge in [-0.2, -0.15) is 26.3 Å². The summed E-state index contributed by atoms with van der Waals surface area (Å²) in [7, 11) is -13.4. The van der Waals surface area contributed by atoms with Crippen LogP contribution in [0.25, 0.3) is 15.6 Å². The lowest BCUT2D eigenvalue weighted by Crippen LogP contribution is -2.35. The van der Waals surface area contributed by atoms with Gasteiger partial charge in [-0.05, 0) is 25.0 Å². The Morgan fingerprint density at radius 2 is 1.50 bits per heavy atom. The predicted molar refractivity (Wildman–Crippen MR) is 111 cm³/mol. The number of pyridine rings is 1. The Bertz CT molecular complexity index is 1050. The van der Waals surface area contributed by atoms with Crippen LogP contribution in [-0.4, -0.2) is 37.4 Å². The van der Waals surface area contributed by atoms with Crippen LogP contribution in [0.2, 0.25) is 0 Å². The number of halogens is 6. The third-order valence-electron chi connectivity index (χ3n) is 4.15. The Morgan fingerprint density at radius 1 is 0.941 bits per heavy atom. The van der Waals surface area contributed by atoms with Crippen molar-refractivity contribution in [3.05, 3.63) is 40.9 Å². The molecule has 2 heterocycles. The Kier molecular flexibility index (Phi) is 10.5. The zero-order valence-electron chi connectivity index (χ0n) is 18.2. The molecule has 8 nitrogen and oxygen atoms in total. The van der Waals surface area contributed by atoms with Crippen LogP contribution in [0.4, 0.5) is 26.3 Å². The van der Waals surface area contributed by atoms with Gasteiger partial charge in [0.2, 0.25) is 0 Å². The van der Waals surface area contributed by atoms with Crippen LogP contribution < -0.4 is 4.57 Å². The number of hydrogen-bond donors (Lipinski definition) is 0. The maximum atomic E-state index is 11.4. The summed E-state index contributed by atoms with van der Waals surface area (Å²) in [6.45, 7) is 6.60. The van der Waals surface area contributed by atoms with Crippen molar-refractivity contribution in [2.75, 3.05) is 0 Å². The van der Waals surface area contributed by atoms with Crippen molar-refractivity contribution in [1.82, 2.24) is 9.55 Å². The summed E-state index contributed by atoms with van der Waals surface area (Å²) in [6, 6.07) is 6.13. The number of rotatable bonds is 9. The second-order valence-corrected chi connectivity index (χ2v) is 10.3. The number of aryl methyl sites for hydroxylation is 2. The first kappa shape index (κ1) is 29.8. The third kappa shape index (κ3) is 8.23. The molecule has 2 aromatic rings. The van der Waals surface area contributed by atoms with E-state index in [4.69, 9.17) is 0 Å². The highest BCUT2D eigenvalue weighted by atomic mass is 32.3. The van der Waals surface area contributed by atoms with Crippen LogP contribution >= 0.6 is 0 Å². The minimum Gasteiger partial charge on any atom is -0.421 e. The summed E-state index contributed by atoms with van der Waals surface area (Å²) in [4.78, 5) is 4.52. The molecule has 0 radical (unpaired) electrons. The first-order valence-electron chi connectivity index (χ1n) is 9.94.